The van der Waals surface area contributed by atoms with Gasteiger partial charge in [-0.05, 0) is 94.5 Å². The van der Waals surface area contributed by atoms with Gasteiger partial charge in [0.15, 0.2) is 0 Å². The smallest absolute Gasteiger partial charge is 0.305 e. The first-order chi connectivity index (χ1) is 17.1. The van der Waals surface area contributed by atoms with E-state index in [-0.39, 0.29) is 17.0 Å². The number of esters is 1. The summed E-state index contributed by atoms with van der Waals surface area (Å²) in [7, 11) is 0. The van der Waals surface area contributed by atoms with Gasteiger partial charge in [-0.3, -0.25) is 4.79 Å². The fourth-order valence-electron chi connectivity index (χ4n) is 5.30. The molecular weight excluding hydrogens is 464 g/mol. The average Bonchev–Trinajstić information content (AvgIpc) is 3.25. The second kappa shape index (κ2) is 12.8. The Bertz CT molecular complexity index is 1080. The predicted octanol–water partition coefficient (Wildman–Crippen LogP) is 8.39. The molecule has 0 N–H and O–H groups in total. The highest BCUT2D eigenvalue weighted by atomic mass is 32.1. The number of benzene rings is 1. The molecule has 0 saturated heterocycles. The third-order valence-electron chi connectivity index (χ3n) is 6.83. The summed E-state index contributed by atoms with van der Waals surface area (Å²) in [5.74, 6) is 7.93. The maximum Gasteiger partial charge on any atom is 0.305 e. The van der Waals surface area contributed by atoms with Gasteiger partial charge in [0, 0.05) is 22.4 Å². The minimum Gasteiger partial charge on any atom is -0.488 e. The minimum absolute atomic E-state index is 0.0495. The standard InChI is InChI=1S/C32H44O3S/c1-7-9-10-11-14-24-22-29-28(31(3,4)23-32(5,6)35-29)21-25(24)17-18-27-20-19-26(36-27)15-12-13-16-30(33)34-8-2/h19-22H,7-16,23H2,1-6H3. The number of fused-ring (bicyclic) bond motifs is 1. The summed E-state index contributed by atoms with van der Waals surface area (Å²) in [6.07, 6.45) is 10.3. The van der Waals surface area contributed by atoms with Crippen LogP contribution >= 0.6 is 11.3 Å². The van der Waals surface area contributed by atoms with E-state index in [4.69, 9.17) is 9.47 Å². The largest absolute Gasteiger partial charge is 0.488 e. The van der Waals surface area contributed by atoms with Crippen LogP contribution in [-0.4, -0.2) is 18.2 Å². The van der Waals surface area contributed by atoms with E-state index in [1.165, 1.54) is 41.7 Å². The Morgan fingerprint density at radius 3 is 2.53 bits per heavy atom. The normalized spacial score (nSPS) is 15.4. The van der Waals surface area contributed by atoms with Crippen LogP contribution in [0, 0.1) is 11.8 Å². The fourth-order valence-corrected chi connectivity index (χ4v) is 6.21. The van der Waals surface area contributed by atoms with Crippen molar-refractivity contribution in [2.75, 3.05) is 6.61 Å². The van der Waals surface area contributed by atoms with Gasteiger partial charge >= 0.3 is 5.97 Å². The predicted molar refractivity (Wildman–Crippen MR) is 151 cm³/mol. The maximum absolute atomic E-state index is 11.5. The molecule has 2 aromatic rings. The summed E-state index contributed by atoms with van der Waals surface area (Å²) in [6.45, 7) is 13.6. The zero-order chi connectivity index (χ0) is 26.2. The molecule has 3 rings (SSSR count). The summed E-state index contributed by atoms with van der Waals surface area (Å²) in [5.41, 5.74) is 3.62. The molecule has 4 heteroatoms. The molecule has 0 saturated carbocycles. The van der Waals surface area contributed by atoms with Crippen LogP contribution in [-0.2, 0) is 27.8 Å². The van der Waals surface area contributed by atoms with Crippen LogP contribution in [0.25, 0.3) is 0 Å². The van der Waals surface area contributed by atoms with Crippen molar-refractivity contribution in [3.8, 4) is 17.6 Å². The summed E-state index contributed by atoms with van der Waals surface area (Å²) in [5, 5.41) is 0. The second-order valence-corrected chi connectivity index (χ2v) is 12.4. The van der Waals surface area contributed by atoms with E-state index in [9.17, 15) is 4.79 Å². The first kappa shape index (κ1) is 28.3. The van der Waals surface area contributed by atoms with Crippen molar-refractivity contribution < 1.29 is 14.3 Å². The number of ether oxygens (including phenoxy) is 2. The molecule has 3 nitrogen and oxygen atoms in total. The summed E-state index contributed by atoms with van der Waals surface area (Å²) >= 11 is 1.77. The Morgan fingerprint density at radius 1 is 1.00 bits per heavy atom. The van der Waals surface area contributed by atoms with Crippen molar-refractivity contribution >= 4 is 17.3 Å². The fraction of sp³-hybridized carbons (Fsp3) is 0.594. The average molecular weight is 509 g/mol. The Kier molecular flexibility index (Phi) is 10.1. The van der Waals surface area contributed by atoms with E-state index in [1.807, 2.05) is 6.92 Å². The lowest BCUT2D eigenvalue weighted by Crippen LogP contribution is -2.41. The number of aryl methyl sites for hydroxylation is 2. The van der Waals surface area contributed by atoms with Gasteiger partial charge in [0.1, 0.15) is 11.4 Å². The molecule has 0 amide bonds. The molecule has 1 aliphatic heterocycles. The zero-order valence-electron chi connectivity index (χ0n) is 23.2. The SMILES string of the molecule is CCCCCCc1cc2c(cc1C#Cc1ccc(CCCCC(=O)OCC)s1)C(C)(C)CC(C)(C)O2. The number of thiophene rings is 1. The quantitative estimate of drug-likeness (QED) is 0.174. The first-order valence-electron chi connectivity index (χ1n) is 13.8. The van der Waals surface area contributed by atoms with E-state index in [0.717, 1.165) is 48.3 Å². The molecule has 1 aromatic carbocycles. The Balaban J connectivity index is 1.76. The van der Waals surface area contributed by atoms with Crippen LogP contribution in [0.5, 0.6) is 5.75 Å². The van der Waals surface area contributed by atoms with Crippen LogP contribution in [0.1, 0.15) is 119 Å². The van der Waals surface area contributed by atoms with E-state index in [1.54, 1.807) is 11.3 Å². The zero-order valence-corrected chi connectivity index (χ0v) is 24.0. The molecule has 0 bridgehead atoms. The number of carbonyl (C=O) groups is 1. The highest BCUT2D eigenvalue weighted by Crippen LogP contribution is 2.45. The third kappa shape index (κ3) is 8.13. The highest BCUT2D eigenvalue weighted by molar-refractivity contribution is 7.12. The number of hydrogen-bond donors (Lipinski definition) is 0. The van der Waals surface area contributed by atoms with Crippen molar-refractivity contribution in [1.29, 1.82) is 0 Å². The van der Waals surface area contributed by atoms with Gasteiger partial charge in [-0.1, -0.05) is 51.9 Å². The van der Waals surface area contributed by atoms with Gasteiger partial charge in [-0.15, -0.1) is 11.3 Å². The van der Waals surface area contributed by atoms with Crippen molar-refractivity contribution in [2.45, 2.75) is 117 Å². The number of hydrogen-bond acceptors (Lipinski definition) is 4. The second-order valence-electron chi connectivity index (χ2n) is 11.3. The van der Waals surface area contributed by atoms with Crippen LogP contribution in [0.4, 0.5) is 0 Å². The molecular formula is C32H44O3S. The molecule has 0 atom stereocenters. The molecule has 0 spiro atoms. The Labute approximate surface area is 223 Å². The molecule has 196 valence electrons. The van der Waals surface area contributed by atoms with Gasteiger partial charge in [0.2, 0.25) is 0 Å². The molecule has 0 radical (unpaired) electrons. The number of carbonyl (C=O) groups excluding carboxylic acids is 1. The molecule has 0 fully saturated rings. The lowest BCUT2D eigenvalue weighted by molar-refractivity contribution is -0.143. The number of rotatable bonds is 11. The van der Waals surface area contributed by atoms with Crippen LogP contribution < -0.4 is 4.74 Å². The van der Waals surface area contributed by atoms with Crippen LogP contribution in [0.3, 0.4) is 0 Å². The van der Waals surface area contributed by atoms with E-state index in [2.05, 4.69) is 70.7 Å². The Hall–Kier alpha value is -2.25. The minimum atomic E-state index is -0.160. The molecule has 1 aliphatic rings. The molecule has 36 heavy (non-hydrogen) atoms. The monoisotopic (exact) mass is 508 g/mol. The highest BCUT2D eigenvalue weighted by Gasteiger charge is 2.39. The van der Waals surface area contributed by atoms with E-state index >= 15 is 0 Å². The third-order valence-corrected chi connectivity index (χ3v) is 7.89. The Morgan fingerprint density at radius 2 is 1.78 bits per heavy atom. The molecule has 0 aliphatic carbocycles. The van der Waals surface area contributed by atoms with Crippen molar-refractivity contribution in [3.63, 3.8) is 0 Å². The number of unbranched alkanes of at least 4 members (excludes halogenated alkanes) is 4. The molecule has 1 aromatic heterocycles. The van der Waals surface area contributed by atoms with Gasteiger partial charge < -0.3 is 9.47 Å². The van der Waals surface area contributed by atoms with Crippen molar-refractivity contribution in [1.82, 2.24) is 0 Å². The van der Waals surface area contributed by atoms with Crippen molar-refractivity contribution in [2.24, 2.45) is 0 Å². The van der Waals surface area contributed by atoms with Crippen molar-refractivity contribution in [3.05, 3.63) is 50.7 Å². The van der Waals surface area contributed by atoms with Gasteiger partial charge in [-0.25, -0.2) is 0 Å². The summed E-state index contributed by atoms with van der Waals surface area (Å²) in [4.78, 5) is 13.9. The van der Waals surface area contributed by atoms with Crippen LogP contribution in [0.15, 0.2) is 24.3 Å². The van der Waals surface area contributed by atoms with Gasteiger partial charge in [-0.2, -0.15) is 0 Å². The first-order valence-corrected chi connectivity index (χ1v) is 14.6. The van der Waals surface area contributed by atoms with Crippen LogP contribution in [0.2, 0.25) is 0 Å². The van der Waals surface area contributed by atoms with E-state index < -0.39 is 0 Å². The van der Waals surface area contributed by atoms with Gasteiger partial charge in [0.25, 0.3) is 0 Å². The summed E-state index contributed by atoms with van der Waals surface area (Å²) < 4.78 is 11.5. The molecule has 0 unspecified atom stereocenters. The maximum atomic E-state index is 11.5. The van der Waals surface area contributed by atoms with Gasteiger partial charge in [0.05, 0.1) is 11.5 Å². The lowest BCUT2D eigenvalue weighted by Gasteiger charge is -2.42. The lowest BCUT2D eigenvalue weighted by atomic mass is 9.73. The molecule has 2 heterocycles. The summed E-state index contributed by atoms with van der Waals surface area (Å²) in [6, 6.07) is 8.89. The van der Waals surface area contributed by atoms with E-state index in [0.29, 0.717) is 13.0 Å². The topological polar surface area (TPSA) is 35.5 Å².